The van der Waals surface area contributed by atoms with Crippen molar-refractivity contribution in [1.29, 1.82) is 0 Å². The summed E-state index contributed by atoms with van der Waals surface area (Å²) in [5, 5.41) is 0. The number of hydrogen-bond acceptors (Lipinski definition) is 4. The van der Waals surface area contributed by atoms with Crippen LogP contribution in [-0.4, -0.2) is 20.9 Å². The van der Waals surface area contributed by atoms with Crippen molar-refractivity contribution >= 4 is 15.9 Å². The average Bonchev–Trinajstić information content (AvgIpc) is 2.55. The molecule has 0 bridgehead atoms. The number of sulfonamides is 1. The summed E-state index contributed by atoms with van der Waals surface area (Å²) in [6.07, 6.45) is 0.550. The number of nitrogens with one attached hydrogen (secondary N) is 1. The van der Waals surface area contributed by atoms with Gasteiger partial charge in [0.05, 0.1) is 17.5 Å². The molecular weight excluding hydrogens is 340 g/mol. The van der Waals surface area contributed by atoms with E-state index in [0.29, 0.717) is 13.0 Å². The first-order valence-corrected chi connectivity index (χ1v) is 9.42. The topological polar surface area (TPSA) is 98.5 Å². The van der Waals surface area contributed by atoms with Gasteiger partial charge in [-0.15, -0.1) is 0 Å². The fourth-order valence-electron chi connectivity index (χ4n) is 3.05. The van der Waals surface area contributed by atoms with Crippen molar-refractivity contribution in [2.45, 2.75) is 31.2 Å². The van der Waals surface area contributed by atoms with Gasteiger partial charge in [0, 0.05) is 17.5 Å². The Morgan fingerprint density at radius 2 is 1.88 bits per heavy atom. The second kappa shape index (κ2) is 6.50. The molecule has 0 aliphatic carbocycles. The molecule has 0 unspecified atom stereocenters. The molecule has 1 aliphatic rings. The quantitative estimate of drug-likeness (QED) is 0.873. The Bertz CT molecular complexity index is 921. The molecule has 1 atom stereocenters. The minimum atomic E-state index is -3.73. The molecule has 0 spiro atoms. The van der Waals surface area contributed by atoms with Crippen LogP contribution >= 0.6 is 0 Å². The van der Waals surface area contributed by atoms with Crippen LogP contribution in [0, 0.1) is 13.8 Å². The highest BCUT2D eigenvalue weighted by atomic mass is 32.2. The number of nitrogens with two attached hydrogens (primary N) is 1. The maximum atomic E-state index is 12.7. The molecule has 0 saturated carbocycles. The van der Waals surface area contributed by atoms with Gasteiger partial charge in [-0.1, -0.05) is 17.7 Å². The van der Waals surface area contributed by atoms with E-state index in [1.807, 2.05) is 26.0 Å². The number of amides is 1. The summed E-state index contributed by atoms with van der Waals surface area (Å²) in [5.74, 6) is 0.148. The highest BCUT2D eigenvalue weighted by Crippen LogP contribution is 2.36. The number of benzene rings is 2. The number of fused-ring (bicyclic) bond motifs is 1. The Labute approximate surface area is 147 Å². The monoisotopic (exact) mass is 360 g/mol. The zero-order valence-corrected chi connectivity index (χ0v) is 14.9. The summed E-state index contributed by atoms with van der Waals surface area (Å²) in [5.41, 5.74) is 8.34. The second-order valence-electron chi connectivity index (χ2n) is 6.20. The number of carbonyl (C=O) groups is 1. The molecule has 3 N–H and O–H groups in total. The van der Waals surface area contributed by atoms with E-state index >= 15 is 0 Å². The van der Waals surface area contributed by atoms with E-state index < -0.39 is 15.9 Å². The van der Waals surface area contributed by atoms with E-state index in [2.05, 4.69) is 4.72 Å². The van der Waals surface area contributed by atoms with E-state index in [9.17, 15) is 13.2 Å². The molecule has 7 heteroatoms. The minimum absolute atomic E-state index is 0.0925. The van der Waals surface area contributed by atoms with Crippen LogP contribution in [0.3, 0.4) is 0 Å². The van der Waals surface area contributed by atoms with Crippen molar-refractivity contribution in [2.75, 3.05) is 6.61 Å². The van der Waals surface area contributed by atoms with Gasteiger partial charge in [0.1, 0.15) is 5.75 Å². The van der Waals surface area contributed by atoms with Gasteiger partial charge in [-0.3, -0.25) is 4.79 Å². The number of aryl methyl sites for hydroxylation is 2. The van der Waals surface area contributed by atoms with E-state index in [1.54, 1.807) is 0 Å². The van der Waals surface area contributed by atoms with E-state index in [1.165, 1.54) is 24.3 Å². The second-order valence-corrected chi connectivity index (χ2v) is 7.91. The summed E-state index contributed by atoms with van der Waals surface area (Å²) >= 11 is 0. The van der Waals surface area contributed by atoms with E-state index in [0.717, 1.165) is 22.4 Å². The molecule has 132 valence electrons. The number of rotatable bonds is 4. The lowest BCUT2D eigenvalue weighted by Crippen LogP contribution is -2.32. The summed E-state index contributed by atoms with van der Waals surface area (Å²) in [6.45, 7) is 4.37. The fraction of sp³-hybridized carbons (Fsp3) is 0.278. The van der Waals surface area contributed by atoms with Gasteiger partial charge < -0.3 is 10.5 Å². The molecule has 2 aromatic carbocycles. The Morgan fingerprint density at radius 1 is 1.20 bits per heavy atom. The van der Waals surface area contributed by atoms with Gasteiger partial charge in [0.2, 0.25) is 15.9 Å². The lowest BCUT2D eigenvalue weighted by molar-refractivity contribution is 0.1000. The average molecular weight is 360 g/mol. The third-order valence-corrected chi connectivity index (χ3v) is 5.71. The van der Waals surface area contributed by atoms with Crippen LogP contribution in [0.25, 0.3) is 0 Å². The molecule has 3 rings (SSSR count). The summed E-state index contributed by atoms with van der Waals surface area (Å²) in [7, 11) is -3.73. The smallest absolute Gasteiger partial charge is 0.248 e. The molecular formula is C18H20N2O4S. The number of ether oxygens (including phenoxy) is 1. The molecule has 0 fully saturated rings. The highest BCUT2D eigenvalue weighted by Gasteiger charge is 2.28. The number of carbonyl (C=O) groups excluding carboxylic acids is 1. The zero-order chi connectivity index (χ0) is 18.2. The van der Waals surface area contributed by atoms with Gasteiger partial charge in [0.25, 0.3) is 0 Å². The molecule has 6 nitrogen and oxygen atoms in total. The Kier molecular flexibility index (Phi) is 4.53. The minimum Gasteiger partial charge on any atom is -0.493 e. The lowest BCUT2D eigenvalue weighted by atomic mass is 9.96. The summed E-state index contributed by atoms with van der Waals surface area (Å²) in [4.78, 5) is 11.2. The standard InChI is InChI=1S/C18H20N2O4S/c1-11-9-12(2)17-15(10-11)16(7-8-24-17)20-25(22,23)14-5-3-13(4-6-14)18(19)21/h3-6,9-10,16,20H,7-8H2,1-2H3,(H2,19,21)/t16-/m1/s1. The van der Waals surface area contributed by atoms with Gasteiger partial charge in [-0.05, 0) is 43.7 Å². The van der Waals surface area contributed by atoms with Crippen molar-refractivity contribution in [3.05, 3.63) is 58.7 Å². The maximum absolute atomic E-state index is 12.7. The first kappa shape index (κ1) is 17.4. The van der Waals surface area contributed by atoms with Crippen LogP contribution in [-0.2, 0) is 10.0 Å². The van der Waals surface area contributed by atoms with Crippen LogP contribution in [0.1, 0.15) is 39.5 Å². The van der Waals surface area contributed by atoms with Crippen molar-refractivity contribution < 1.29 is 17.9 Å². The molecule has 1 amide bonds. The largest absolute Gasteiger partial charge is 0.493 e. The molecule has 2 aromatic rings. The first-order chi connectivity index (χ1) is 11.8. The highest BCUT2D eigenvalue weighted by molar-refractivity contribution is 7.89. The van der Waals surface area contributed by atoms with Crippen LogP contribution in [0.4, 0.5) is 0 Å². The number of primary amides is 1. The number of hydrogen-bond donors (Lipinski definition) is 2. The van der Waals surface area contributed by atoms with Crippen molar-refractivity contribution in [2.24, 2.45) is 5.73 Å². The van der Waals surface area contributed by atoms with Crippen LogP contribution in [0.5, 0.6) is 5.75 Å². The SMILES string of the molecule is Cc1cc(C)c2c(c1)[C@H](NS(=O)(=O)c1ccc(C(N)=O)cc1)CCO2. The van der Waals surface area contributed by atoms with Gasteiger partial charge >= 0.3 is 0 Å². The molecule has 0 radical (unpaired) electrons. The Hall–Kier alpha value is -2.38. The van der Waals surface area contributed by atoms with E-state index in [4.69, 9.17) is 10.5 Å². The molecule has 0 aromatic heterocycles. The van der Waals surface area contributed by atoms with E-state index in [-0.39, 0.29) is 16.5 Å². The molecule has 25 heavy (non-hydrogen) atoms. The maximum Gasteiger partial charge on any atom is 0.248 e. The first-order valence-electron chi connectivity index (χ1n) is 7.94. The third-order valence-electron chi connectivity index (χ3n) is 4.22. The molecule has 0 saturated heterocycles. The summed E-state index contributed by atoms with van der Waals surface area (Å²) < 4.78 is 33.8. The zero-order valence-electron chi connectivity index (χ0n) is 14.1. The predicted octanol–water partition coefficient (Wildman–Crippen LogP) is 2.20. The third kappa shape index (κ3) is 3.52. The van der Waals surface area contributed by atoms with Gasteiger partial charge in [-0.25, -0.2) is 13.1 Å². The van der Waals surface area contributed by atoms with Crippen LogP contribution in [0.2, 0.25) is 0 Å². The van der Waals surface area contributed by atoms with Crippen molar-refractivity contribution in [3.8, 4) is 5.75 Å². The Morgan fingerprint density at radius 3 is 2.52 bits per heavy atom. The molecule has 1 heterocycles. The van der Waals surface area contributed by atoms with Gasteiger partial charge in [-0.2, -0.15) is 0 Å². The van der Waals surface area contributed by atoms with Crippen molar-refractivity contribution in [3.63, 3.8) is 0 Å². The fourth-order valence-corrected chi connectivity index (χ4v) is 4.30. The van der Waals surface area contributed by atoms with Crippen molar-refractivity contribution in [1.82, 2.24) is 4.72 Å². The van der Waals surface area contributed by atoms with Gasteiger partial charge in [0.15, 0.2) is 0 Å². The normalized spacial score (nSPS) is 16.8. The lowest BCUT2D eigenvalue weighted by Gasteiger charge is -2.28. The predicted molar refractivity (Wildman–Crippen MR) is 94.1 cm³/mol. The van der Waals surface area contributed by atoms with Crippen LogP contribution < -0.4 is 15.2 Å². The summed E-state index contributed by atoms with van der Waals surface area (Å²) in [6, 6.07) is 9.17. The molecule has 1 aliphatic heterocycles. The van der Waals surface area contributed by atoms with Crippen LogP contribution in [0.15, 0.2) is 41.3 Å². The Balaban J connectivity index is 1.91.